The molecule has 0 aliphatic heterocycles. The van der Waals surface area contributed by atoms with E-state index in [1.807, 2.05) is 38.0 Å². The lowest BCUT2D eigenvalue weighted by atomic mass is 10.2. The second-order valence-electron chi connectivity index (χ2n) is 3.72. The highest BCUT2D eigenvalue weighted by molar-refractivity contribution is 5.73. The third-order valence-electron chi connectivity index (χ3n) is 2.13. The smallest absolute Gasteiger partial charge is 0.271 e. The number of benzene rings is 1. The Labute approximate surface area is 89.1 Å². The zero-order valence-corrected chi connectivity index (χ0v) is 9.39. The van der Waals surface area contributed by atoms with Gasteiger partial charge in [0.25, 0.3) is 5.69 Å². The second kappa shape index (κ2) is 4.16. The Bertz CT molecular complexity index is 375. The number of hydrogen-bond acceptors (Lipinski definition) is 4. The summed E-state index contributed by atoms with van der Waals surface area (Å²) in [6, 6.07) is 4.85. The maximum atomic E-state index is 10.6. The average molecular weight is 209 g/mol. The van der Waals surface area contributed by atoms with Crippen molar-refractivity contribution in [2.75, 3.05) is 38.0 Å². The highest BCUT2D eigenvalue weighted by atomic mass is 16.6. The lowest BCUT2D eigenvalue weighted by molar-refractivity contribution is -0.384. The van der Waals surface area contributed by atoms with E-state index in [9.17, 15) is 10.1 Å². The van der Waals surface area contributed by atoms with E-state index in [0.717, 1.165) is 11.4 Å². The van der Waals surface area contributed by atoms with Crippen molar-refractivity contribution >= 4 is 17.1 Å². The van der Waals surface area contributed by atoms with Crippen molar-refractivity contribution in [3.63, 3.8) is 0 Å². The Morgan fingerprint density at radius 2 is 1.60 bits per heavy atom. The first-order valence-electron chi connectivity index (χ1n) is 4.56. The van der Waals surface area contributed by atoms with Crippen molar-refractivity contribution in [1.82, 2.24) is 0 Å². The van der Waals surface area contributed by atoms with E-state index in [1.165, 1.54) is 6.07 Å². The van der Waals surface area contributed by atoms with E-state index in [0.29, 0.717) is 0 Å². The van der Waals surface area contributed by atoms with E-state index < -0.39 is 0 Å². The molecule has 0 radical (unpaired) electrons. The summed E-state index contributed by atoms with van der Waals surface area (Å²) in [6.45, 7) is 0. The molecule has 1 aromatic carbocycles. The summed E-state index contributed by atoms with van der Waals surface area (Å²) >= 11 is 0. The summed E-state index contributed by atoms with van der Waals surface area (Å²) in [7, 11) is 7.56. The van der Waals surface area contributed by atoms with Crippen LogP contribution in [0.2, 0.25) is 0 Å². The van der Waals surface area contributed by atoms with Crippen molar-refractivity contribution in [2.45, 2.75) is 0 Å². The fourth-order valence-corrected chi connectivity index (χ4v) is 1.36. The first kappa shape index (κ1) is 11.3. The summed E-state index contributed by atoms with van der Waals surface area (Å²) in [6.07, 6.45) is 0. The van der Waals surface area contributed by atoms with Gasteiger partial charge in [-0.05, 0) is 6.07 Å². The molecule has 0 N–H and O–H groups in total. The minimum Gasteiger partial charge on any atom is -0.376 e. The van der Waals surface area contributed by atoms with Crippen molar-refractivity contribution < 1.29 is 4.92 Å². The van der Waals surface area contributed by atoms with Gasteiger partial charge in [0.2, 0.25) is 0 Å². The normalized spacial score (nSPS) is 9.87. The van der Waals surface area contributed by atoms with E-state index in [-0.39, 0.29) is 10.6 Å². The number of nitro groups is 1. The van der Waals surface area contributed by atoms with Gasteiger partial charge in [-0.3, -0.25) is 10.1 Å². The third-order valence-corrected chi connectivity index (χ3v) is 2.13. The largest absolute Gasteiger partial charge is 0.376 e. The quantitative estimate of drug-likeness (QED) is 0.562. The molecule has 0 bridgehead atoms. The van der Waals surface area contributed by atoms with Crippen LogP contribution in [0.1, 0.15) is 0 Å². The molecule has 0 amide bonds. The monoisotopic (exact) mass is 209 g/mol. The summed E-state index contributed by atoms with van der Waals surface area (Å²) < 4.78 is 0. The Balaban J connectivity index is 3.27. The maximum absolute atomic E-state index is 10.6. The molecule has 15 heavy (non-hydrogen) atoms. The minimum atomic E-state index is -0.382. The lowest BCUT2D eigenvalue weighted by Crippen LogP contribution is -2.16. The molecule has 0 saturated heterocycles. The Hall–Kier alpha value is -1.78. The van der Waals surface area contributed by atoms with Crippen LogP contribution in [-0.4, -0.2) is 33.1 Å². The Kier molecular flexibility index (Phi) is 3.14. The van der Waals surface area contributed by atoms with Crippen LogP contribution in [0.25, 0.3) is 0 Å². The van der Waals surface area contributed by atoms with Crippen LogP contribution in [0.15, 0.2) is 18.2 Å². The topological polar surface area (TPSA) is 49.6 Å². The summed E-state index contributed by atoms with van der Waals surface area (Å²) in [5, 5.41) is 10.6. The summed E-state index contributed by atoms with van der Waals surface area (Å²) in [5.41, 5.74) is 1.92. The van der Waals surface area contributed by atoms with Gasteiger partial charge < -0.3 is 9.80 Å². The van der Waals surface area contributed by atoms with Crippen molar-refractivity contribution in [3.8, 4) is 0 Å². The van der Waals surface area contributed by atoms with Crippen LogP contribution in [0, 0.1) is 10.1 Å². The zero-order chi connectivity index (χ0) is 11.6. The molecular weight excluding hydrogens is 194 g/mol. The lowest BCUT2D eigenvalue weighted by Gasteiger charge is -2.22. The number of non-ortho nitro benzene ring substituents is 1. The van der Waals surface area contributed by atoms with Crippen LogP contribution in [-0.2, 0) is 0 Å². The maximum Gasteiger partial charge on any atom is 0.271 e. The average Bonchev–Trinajstić information content (AvgIpc) is 2.16. The van der Waals surface area contributed by atoms with Crippen molar-refractivity contribution in [3.05, 3.63) is 28.3 Å². The van der Waals surface area contributed by atoms with Crippen LogP contribution >= 0.6 is 0 Å². The number of nitro benzene ring substituents is 1. The molecule has 0 aromatic heterocycles. The van der Waals surface area contributed by atoms with Gasteiger partial charge in [0.15, 0.2) is 0 Å². The predicted octanol–water partition coefficient (Wildman–Crippen LogP) is 1.73. The number of rotatable bonds is 3. The van der Waals surface area contributed by atoms with Crippen molar-refractivity contribution in [1.29, 1.82) is 0 Å². The Morgan fingerprint density at radius 3 is 2.00 bits per heavy atom. The molecular formula is C10H15N3O2. The van der Waals surface area contributed by atoms with Gasteiger partial charge in [0.05, 0.1) is 16.3 Å². The molecule has 5 nitrogen and oxygen atoms in total. The molecule has 0 unspecified atom stereocenters. The van der Waals surface area contributed by atoms with Crippen LogP contribution in [0.4, 0.5) is 17.1 Å². The SMILES string of the molecule is CN(C)c1ccc([N+](=O)[O-])cc1N(C)C. The van der Waals surface area contributed by atoms with Crippen LogP contribution in [0.3, 0.4) is 0 Å². The summed E-state index contributed by atoms with van der Waals surface area (Å²) in [4.78, 5) is 14.0. The molecule has 0 heterocycles. The van der Waals surface area contributed by atoms with Gasteiger partial charge in [-0.1, -0.05) is 0 Å². The summed E-state index contributed by atoms with van der Waals surface area (Å²) in [5.74, 6) is 0. The third kappa shape index (κ3) is 2.37. The van der Waals surface area contributed by atoms with Gasteiger partial charge in [0.1, 0.15) is 0 Å². The first-order valence-corrected chi connectivity index (χ1v) is 4.56. The van der Waals surface area contributed by atoms with E-state index in [1.54, 1.807) is 12.1 Å². The van der Waals surface area contributed by atoms with Crippen LogP contribution < -0.4 is 9.80 Å². The molecule has 0 atom stereocenters. The second-order valence-corrected chi connectivity index (χ2v) is 3.72. The highest BCUT2D eigenvalue weighted by Gasteiger charge is 2.12. The molecule has 1 aromatic rings. The van der Waals surface area contributed by atoms with Crippen LogP contribution in [0.5, 0.6) is 0 Å². The number of nitrogens with zero attached hydrogens (tertiary/aromatic N) is 3. The van der Waals surface area contributed by atoms with Gasteiger partial charge >= 0.3 is 0 Å². The van der Waals surface area contributed by atoms with E-state index in [4.69, 9.17) is 0 Å². The molecule has 0 saturated carbocycles. The van der Waals surface area contributed by atoms with Gasteiger partial charge in [0, 0.05) is 40.3 Å². The van der Waals surface area contributed by atoms with E-state index in [2.05, 4.69) is 0 Å². The molecule has 5 heteroatoms. The van der Waals surface area contributed by atoms with E-state index >= 15 is 0 Å². The zero-order valence-electron chi connectivity index (χ0n) is 9.39. The fourth-order valence-electron chi connectivity index (χ4n) is 1.36. The number of anilines is 2. The molecule has 0 fully saturated rings. The van der Waals surface area contributed by atoms with Gasteiger partial charge in [-0.15, -0.1) is 0 Å². The molecule has 82 valence electrons. The predicted molar refractivity (Wildman–Crippen MR) is 61.8 cm³/mol. The van der Waals surface area contributed by atoms with Gasteiger partial charge in [-0.25, -0.2) is 0 Å². The molecule has 0 aliphatic carbocycles. The van der Waals surface area contributed by atoms with Gasteiger partial charge in [-0.2, -0.15) is 0 Å². The first-order chi connectivity index (χ1) is 6.93. The minimum absolute atomic E-state index is 0.115. The highest BCUT2D eigenvalue weighted by Crippen LogP contribution is 2.30. The fraction of sp³-hybridized carbons (Fsp3) is 0.400. The number of hydrogen-bond donors (Lipinski definition) is 0. The van der Waals surface area contributed by atoms with Crippen molar-refractivity contribution in [2.24, 2.45) is 0 Å². The molecule has 1 rings (SSSR count). The standard InChI is InChI=1S/C10H15N3O2/c1-11(2)9-6-5-8(13(14)15)7-10(9)12(3)4/h5-7H,1-4H3. The molecule has 0 aliphatic rings. The Morgan fingerprint density at radius 1 is 1.07 bits per heavy atom. The molecule has 0 spiro atoms.